The van der Waals surface area contributed by atoms with E-state index in [2.05, 4.69) is 4.98 Å². The predicted octanol–water partition coefficient (Wildman–Crippen LogP) is 1.49. The Morgan fingerprint density at radius 1 is 1.68 bits per heavy atom. The maximum atomic E-state index is 11.9. The van der Waals surface area contributed by atoms with Gasteiger partial charge < -0.3 is 5.11 Å². The van der Waals surface area contributed by atoms with Crippen LogP contribution in [-0.2, 0) is 10.7 Å². The number of hydrogen-bond acceptors (Lipinski definition) is 5. The molecule has 0 aliphatic heterocycles. The van der Waals surface area contributed by atoms with Gasteiger partial charge in [0.05, 0.1) is 17.3 Å². The molecule has 0 fully saturated rings. The second-order valence-corrected chi connectivity index (χ2v) is 4.58. The molecule has 0 spiro atoms. The number of rotatable bonds is 3. The molecule has 6 nitrogen and oxygen atoms in total. The van der Waals surface area contributed by atoms with Crippen LogP contribution in [0.2, 0.25) is 0 Å². The van der Waals surface area contributed by atoms with Crippen LogP contribution in [0.3, 0.4) is 0 Å². The third kappa shape index (κ3) is 2.50. The van der Waals surface area contributed by atoms with Crippen molar-refractivity contribution in [3.8, 4) is 6.07 Å². The fraction of sp³-hybridized carbons (Fsp3) is 0.0909. The van der Waals surface area contributed by atoms with Gasteiger partial charge in [0.15, 0.2) is 4.96 Å². The molecule has 96 valence electrons. The highest BCUT2D eigenvalue weighted by Crippen LogP contribution is 2.16. The minimum atomic E-state index is -1.35. The number of carboxylic acid groups (broad SMARTS) is 1. The van der Waals surface area contributed by atoms with Crippen molar-refractivity contribution < 1.29 is 9.90 Å². The van der Waals surface area contributed by atoms with Crippen LogP contribution in [0.1, 0.15) is 11.4 Å². The minimum absolute atomic E-state index is 0.118. The van der Waals surface area contributed by atoms with Crippen LogP contribution in [0.4, 0.5) is 0 Å². The van der Waals surface area contributed by atoms with Crippen molar-refractivity contribution in [3.63, 3.8) is 0 Å². The number of thiazole rings is 1. The van der Waals surface area contributed by atoms with Gasteiger partial charge in [-0.05, 0) is 6.08 Å². The molecule has 0 unspecified atom stereocenters. The lowest BCUT2D eigenvalue weighted by Crippen LogP contribution is -2.15. The van der Waals surface area contributed by atoms with Crippen molar-refractivity contribution in [2.75, 3.05) is 0 Å². The van der Waals surface area contributed by atoms with Gasteiger partial charge in [0.25, 0.3) is 5.56 Å². The average molecular weight is 296 g/mol. The third-order valence-electron chi connectivity index (χ3n) is 2.26. The Balaban J connectivity index is 2.68. The Hall–Kier alpha value is -2.17. The molecule has 0 radical (unpaired) electrons. The van der Waals surface area contributed by atoms with Gasteiger partial charge in [0.2, 0.25) is 0 Å². The van der Waals surface area contributed by atoms with Crippen LogP contribution < -0.4 is 5.56 Å². The maximum absolute atomic E-state index is 11.9. The first-order valence-electron chi connectivity index (χ1n) is 4.98. The first kappa shape index (κ1) is 13.3. The van der Waals surface area contributed by atoms with Crippen LogP contribution in [0.25, 0.3) is 11.0 Å². The van der Waals surface area contributed by atoms with Crippen LogP contribution in [0.5, 0.6) is 0 Å². The zero-order valence-corrected chi connectivity index (χ0v) is 10.9. The number of nitrogens with zero attached hydrogens (tertiary/aromatic N) is 3. The standard InChI is InChI=1S/C11H6ClN3O3S/c12-3-7-2-9(16)15-8(5-19-11(15)14-7)1-6(4-13)10(17)18/h1-2,5H,3H2,(H,17,18)/b6-1+. The number of halogens is 1. The van der Waals surface area contributed by atoms with E-state index in [1.165, 1.54) is 21.8 Å². The number of hydrogen-bond donors (Lipinski definition) is 1. The Bertz CT molecular complexity index is 785. The molecule has 0 saturated carbocycles. The molecular formula is C11H6ClN3O3S. The van der Waals surface area contributed by atoms with Crippen molar-refractivity contribution in [3.05, 3.63) is 38.8 Å². The largest absolute Gasteiger partial charge is 0.477 e. The summed E-state index contributed by atoms with van der Waals surface area (Å²) < 4.78 is 1.24. The van der Waals surface area contributed by atoms with Gasteiger partial charge in [-0.1, -0.05) is 0 Å². The molecule has 0 aromatic carbocycles. The predicted molar refractivity (Wildman–Crippen MR) is 70.1 cm³/mol. The molecule has 1 N–H and O–H groups in total. The number of alkyl halides is 1. The highest BCUT2D eigenvalue weighted by atomic mass is 35.5. The molecule has 2 aromatic rings. The average Bonchev–Trinajstić information content (AvgIpc) is 2.78. The molecule has 0 saturated heterocycles. The zero-order valence-electron chi connectivity index (χ0n) is 9.33. The van der Waals surface area contributed by atoms with Crippen LogP contribution >= 0.6 is 22.9 Å². The van der Waals surface area contributed by atoms with Crippen LogP contribution in [0, 0.1) is 11.3 Å². The SMILES string of the molecule is N#C/C(=C\c1csc2nc(CCl)cc(=O)n12)C(=O)O. The molecule has 2 aromatic heterocycles. The van der Waals surface area contributed by atoms with E-state index in [4.69, 9.17) is 22.0 Å². The monoisotopic (exact) mass is 295 g/mol. The summed E-state index contributed by atoms with van der Waals surface area (Å²) in [6.45, 7) is 0. The Morgan fingerprint density at radius 3 is 3.00 bits per heavy atom. The van der Waals surface area contributed by atoms with Crippen LogP contribution in [-0.4, -0.2) is 20.5 Å². The smallest absolute Gasteiger partial charge is 0.346 e. The van der Waals surface area contributed by atoms with E-state index in [1.54, 1.807) is 11.4 Å². The van der Waals surface area contributed by atoms with Gasteiger partial charge in [0.1, 0.15) is 11.6 Å². The molecule has 2 heterocycles. The summed E-state index contributed by atoms with van der Waals surface area (Å²) in [4.78, 5) is 27.2. The van der Waals surface area contributed by atoms with Gasteiger partial charge in [-0.15, -0.1) is 22.9 Å². The van der Waals surface area contributed by atoms with E-state index in [1.807, 2.05) is 0 Å². The van der Waals surface area contributed by atoms with E-state index < -0.39 is 11.5 Å². The Morgan fingerprint density at radius 2 is 2.42 bits per heavy atom. The summed E-state index contributed by atoms with van der Waals surface area (Å²) in [6, 6.07) is 2.83. The molecule has 19 heavy (non-hydrogen) atoms. The quantitative estimate of drug-likeness (QED) is 0.526. The lowest BCUT2D eigenvalue weighted by Gasteiger charge is -1.98. The van der Waals surface area contributed by atoms with Crippen LogP contribution in [0.15, 0.2) is 21.8 Å². The summed E-state index contributed by atoms with van der Waals surface area (Å²) in [5.74, 6) is -1.23. The van der Waals surface area contributed by atoms with Gasteiger partial charge in [0, 0.05) is 11.4 Å². The number of aromatic nitrogens is 2. The summed E-state index contributed by atoms with van der Waals surface area (Å²) in [7, 11) is 0. The minimum Gasteiger partial charge on any atom is -0.477 e. The maximum Gasteiger partial charge on any atom is 0.346 e. The first-order valence-corrected chi connectivity index (χ1v) is 6.39. The molecule has 0 aliphatic carbocycles. The molecule has 2 rings (SSSR count). The second-order valence-electron chi connectivity index (χ2n) is 3.47. The second kappa shape index (κ2) is 5.22. The van der Waals surface area contributed by atoms with Crippen molar-refractivity contribution in [1.82, 2.24) is 9.38 Å². The lowest BCUT2D eigenvalue weighted by atomic mass is 10.2. The summed E-state index contributed by atoms with van der Waals surface area (Å²) in [5.41, 5.74) is -0.0655. The molecule has 8 heteroatoms. The van der Waals surface area contributed by atoms with Gasteiger partial charge >= 0.3 is 5.97 Å². The van der Waals surface area contributed by atoms with E-state index >= 15 is 0 Å². The number of carboxylic acids is 1. The Labute approximate surface area is 115 Å². The molecule has 0 bridgehead atoms. The number of aliphatic carboxylic acids is 1. The molecule has 0 aliphatic rings. The normalized spacial score (nSPS) is 11.5. The van der Waals surface area contributed by atoms with Gasteiger partial charge in [-0.3, -0.25) is 9.20 Å². The summed E-state index contributed by atoms with van der Waals surface area (Å²) >= 11 is 6.78. The fourth-order valence-electron chi connectivity index (χ4n) is 1.45. The topological polar surface area (TPSA) is 95.5 Å². The molecular weight excluding hydrogens is 290 g/mol. The van der Waals surface area contributed by atoms with Gasteiger partial charge in [-0.25, -0.2) is 9.78 Å². The summed E-state index contributed by atoms with van der Waals surface area (Å²) in [5, 5.41) is 19.0. The van der Waals surface area contributed by atoms with E-state index in [-0.39, 0.29) is 11.4 Å². The van der Waals surface area contributed by atoms with E-state index in [0.717, 1.165) is 6.08 Å². The van der Waals surface area contributed by atoms with Crippen molar-refractivity contribution in [2.24, 2.45) is 0 Å². The zero-order chi connectivity index (χ0) is 14.0. The highest BCUT2D eigenvalue weighted by molar-refractivity contribution is 7.15. The molecule has 0 atom stereocenters. The van der Waals surface area contributed by atoms with Crippen molar-refractivity contribution in [2.45, 2.75) is 5.88 Å². The van der Waals surface area contributed by atoms with Gasteiger partial charge in [-0.2, -0.15) is 5.26 Å². The fourth-order valence-corrected chi connectivity index (χ4v) is 2.45. The van der Waals surface area contributed by atoms with Crippen molar-refractivity contribution in [1.29, 1.82) is 5.26 Å². The third-order valence-corrected chi connectivity index (χ3v) is 3.38. The molecule has 0 amide bonds. The highest BCUT2D eigenvalue weighted by Gasteiger charge is 2.11. The number of fused-ring (bicyclic) bond motifs is 1. The number of carbonyl (C=O) groups is 1. The summed E-state index contributed by atoms with van der Waals surface area (Å²) in [6.07, 6.45) is 1.13. The van der Waals surface area contributed by atoms with E-state index in [0.29, 0.717) is 16.3 Å². The number of nitriles is 1. The first-order chi connectivity index (χ1) is 9.06. The van der Waals surface area contributed by atoms with Crippen molar-refractivity contribution >= 4 is 39.9 Å². The lowest BCUT2D eigenvalue weighted by molar-refractivity contribution is -0.132. The Kier molecular flexibility index (Phi) is 3.64. The van der Waals surface area contributed by atoms with E-state index in [9.17, 15) is 9.59 Å².